The van der Waals surface area contributed by atoms with Gasteiger partial charge in [-0.15, -0.1) is 0 Å². The molecule has 0 fully saturated rings. The lowest BCUT2D eigenvalue weighted by Crippen LogP contribution is -1.97. The molecule has 0 saturated heterocycles. The molecule has 0 aromatic carbocycles. The van der Waals surface area contributed by atoms with E-state index >= 15 is 0 Å². The lowest BCUT2D eigenvalue weighted by Gasteiger charge is -2.11. The smallest absolute Gasteiger partial charge is 0.295 e. The van der Waals surface area contributed by atoms with Crippen molar-refractivity contribution in [2.45, 2.75) is 19.8 Å². The van der Waals surface area contributed by atoms with E-state index in [2.05, 4.69) is 24.9 Å². The monoisotopic (exact) mass is 308 g/mol. The third-order valence-corrected chi connectivity index (χ3v) is 3.76. The topological polar surface area (TPSA) is 87.6 Å². The molecule has 4 aromatic heterocycles. The zero-order valence-electron chi connectivity index (χ0n) is 15.6. The van der Waals surface area contributed by atoms with Crippen LogP contribution >= 0.6 is 0 Å². The van der Waals surface area contributed by atoms with E-state index in [4.69, 9.17) is 9.28 Å². The molecule has 4 aromatic rings. The minimum atomic E-state index is -0.143. The Labute approximate surface area is 136 Å². The zero-order chi connectivity index (χ0) is 18.4. The molecule has 0 unspecified atom stereocenters. The fourth-order valence-electron chi connectivity index (χ4n) is 2.65. The van der Waals surface area contributed by atoms with Crippen molar-refractivity contribution in [3.8, 4) is 17.3 Å². The van der Waals surface area contributed by atoms with Crippen LogP contribution in [0, 0.1) is 0 Å². The van der Waals surface area contributed by atoms with E-state index in [-0.39, 0.29) is 29.7 Å². The van der Waals surface area contributed by atoms with Crippen molar-refractivity contribution < 1.29 is 7.85 Å². The molecular weight excluding hydrogens is 290 g/mol. The first-order valence-electron chi connectivity index (χ1n) is 8.66. The third kappa shape index (κ3) is 2.11. The highest BCUT2D eigenvalue weighted by molar-refractivity contribution is 5.93. The Morgan fingerprint density at radius 3 is 3.00 bits per heavy atom. The predicted molar refractivity (Wildman–Crippen MR) is 88.2 cm³/mol. The van der Waals surface area contributed by atoms with E-state index in [1.165, 1.54) is 0 Å². The third-order valence-electron chi connectivity index (χ3n) is 3.76. The van der Waals surface area contributed by atoms with Crippen molar-refractivity contribution in [3.63, 3.8) is 0 Å². The minimum Gasteiger partial charge on any atom is -0.493 e. The fraction of sp³-hybridized carbons (Fsp3) is 0.176. The summed E-state index contributed by atoms with van der Waals surface area (Å²) in [7, 11) is 0. The van der Waals surface area contributed by atoms with Crippen LogP contribution in [0.15, 0.2) is 36.9 Å². The number of rotatable bonds is 3. The lowest BCUT2D eigenvalue weighted by molar-refractivity contribution is 0.459. The van der Waals surface area contributed by atoms with Gasteiger partial charge in [0.1, 0.15) is 5.65 Å². The molecule has 6 heteroatoms. The van der Waals surface area contributed by atoms with Gasteiger partial charge in [0.05, 0.1) is 19.8 Å². The normalized spacial score (nSPS) is 13.3. The highest BCUT2D eigenvalue weighted by Gasteiger charge is 2.16. The number of fused-ring (bicyclic) bond motifs is 2. The summed E-state index contributed by atoms with van der Waals surface area (Å²) in [6.45, 7) is 3.82. The summed E-state index contributed by atoms with van der Waals surface area (Å²) >= 11 is 0. The molecule has 4 heterocycles. The van der Waals surface area contributed by atoms with Gasteiger partial charge in [-0.1, -0.05) is 13.8 Å². The Morgan fingerprint density at radius 1 is 1.26 bits per heavy atom. The number of aromatic amines is 1. The van der Waals surface area contributed by atoms with Gasteiger partial charge in [0.15, 0.2) is 5.82 Å². The van der Waals surface area contributed by atoms with Gasteiger partial charge in [-0.2, -0.15) is 4.98 Å². The first kappa shape index (κ1) is 10.7. The van der Waals surface area contributed by atoms with Crippen molar-refractivity contribution in [3.05, 3.63) is 42.4 Å². The fourth-order valence-corrected chi connectivity index (χ4v) is 2.65. The van der Waals surface area contributed by atoms with Gasteiger partial charge in [-0.25, -0.2) is 9.97 Å². The standard InChI is InChI=1S/C17H15N5O/c1-9(2)12-7-18-8-13-14(12)17(23)22-16(21-13)11-4-6-20-15-10(11)3-5-19-15/h3-9H,1-2H3,(H,19,20)(H,21,22,23)/i7D,8D/hD. The van der Waals surface area contributed by atoms with Crippen LogP contribution in [0.5, 0.6) is 5.88 Å². The number of hydrogen-bond acceptors (Lipinski definition) is 5. The van der Waals surface area contributed by atoms with Crippen LogP contribution in [-0.2, 0) is 0 Å². The van der Waals surface area contributed by atoms with Crippen molar-refractivity contribution in [2.24, 2.45) is 0 Å². The number of aromatic nitrogens is 5. The Morgan fingerprint density at radius 2 is 2.17 bits per heavy atom. The molecule has 23 heavy (non-hydrogen) atoms. The number of hydrogen-bond donors (Lipinski definition) is 2. The maximum absolute atomic E-state index is 8.15. The second kappa shape index (κ2) is 5.01. The first-order chi connectivity index (χ1) is 12.5. The van der Waals surface area contributed by atoms with E-state index in [0.717, 1.165) is 5.39 Å². The second-order valence-corrected chi connectivity index (χ2v) is 5.58. The highest BCUT2D eigenvalue weighted by Crippen LogP contribution is 2.32. The molecule has 0 saturated carbocycles. The van der Waals surface area contributed by atoms with E-state index in [1.807, 2.05) is 19.9 Å². The number of nitrogens with zero attached hydrogens (tertiary/aromatic N) is 4. The molecule has 6 nitrogen and oxygen atoms in total. The van der Waals surface area contributed by atoms with Crippen molar-refractivity contribution in [2.75, 3.05) is 0 Å². The van der Waals surface area contributed by atoms with Gasteiger partial charge in [-0.3, -0.25) is 4.98 Å². The van der Waals surface area contributed by atoms with Crippen LogP contribution in [0.2, 0.25) is 0 Å². The molecule has 0 aliphatic rings. The largest absolute Gasteiger partial charge is 0.493 e. The summed E-state index contributed by atoms with van der Waals surface area (Å²) in [5.41, 5.74) is 2.22. The lowest BCUT2D eigenvalue weighted by atomic mass is 10.0. The van der Waals surface area contributed by atoms with Gasteiger partial charge in [-0.05, 0) is 23.6 Å². The number of pyridine rings is 2. The van der Waals surface area contributed by atoms with Crippen molar-refractivity contribution in [1.82, 2.24) is 24.9 Å². The Balaban J connectivity index is 2.10. The predicted octanol–water partition coefficient (Wildman–Crippen LogP) is 3.40. The SMILES string of the molecule is [2H]Oc1nc(-c2ccnc3[nH]ccc23)nc2c([2H])nc([2H])c(C(C)C)c12. The van der Waals surface area contributed by atoms with Gasteiger partial charge >= 0.3 is 0 Å². The van der Waals surface area contributed by atoms with E-state index in [9.17, 15) is 0 Å². The van der Waals surface area contributed by atoms with E-state index < -0.39 is 0 Å². The molecule has 0 bridgehead atoms. The number of H-pyrrole nitrogens is 1. The van der Waals surface area contributed by atoms with Crippen LogP contribution in [-0.4, -0.2) is 31.5 Å². The number of aromatic hydroxyl groups is 1. The highest BCUT2D eigenvalue weighted by atomic mass is 16.3. The molecule has 2 N–H and O–H groups in total. The Hall–Kier alpha value is -3.02. The first-order valence-corrected chi connectivity index (χ1v) is 7.25. The van der Waals surface area contributed by atoms with Gasteiger partial charge in [0.2, 0.25) is 5.88 Å². The summed E-state index contributed by atoms with van der Waals surface area (Å²) in [5.74, 6) is 0.270. The second-order valence-electron chi connectivity index (χ2n) is 5.58. The average molecular weight is 308 g/mol. The average Bonchev–Trinajstić information content (AvgIpc) is 3.09. The van der Waals surface area contributed by atoms with Gasteiger partial charge in [0, 0.05) is 29.5 Å². The molecule has 114 valence electrons. The van der Waals surface area contributed by atoms with Crippen molar-refractivity contribution >= 4 is 21.9 Å². The molecule has 0 atom stereocenters. The molecule has 0 spiro atoms. The molecule has 0 amide bonds. The van der Waals surface area contributed by atoms with Crippen LogP contribution in [0.1, 0.15) is 28.1 Å². The van der Waals surface area contributed by atoms with Crippen LogP contribution in [0.25, 0.3) is 33.3 Å². The van der Waals surface area contributed by atoms with Gasteiger partial charge < -0.3 is 10.1 Å². The van der Waals surface area contributed by atoms with E-state index in [1.54, 1.807) is 18.5 Å². The maximum Gasteiger partial charge on any atom is 0.295 e. The summed E-state index contributed by atoms with van der Waals surface area (Å²) in [4.78, 5) is 20.2. The molecular formula is C17H15N5O. The Bertz CT molecular complexity index is 1140. The summed E-state index contributed by atoms with van der Waals surface area (Å²) in [6, 6.07) is 3.63. The summed E-state index contributed by atoms with van der Waals surface area (Å²) < 4.78 is 23.7. The van der Waals surface area contributed by atoms with Crippen LogP contribution in [0.4, 0.5) is 0 Å². The van der Waals surface area contributed by atoms with E-state index in [0.29, 0.717) is 28.0 Å². The van der Waals surface area contributed by atoms with Gasteiger partial charge in [0.25, 0.3) is 1.43 Å². The minimum absolute atomic E-state index is 0.0126. The molecule has 0 radical (unpaired) electrons. The zero-order valence-corrected chi connectivity index (χ0v) is 12.6. The molecule has 4 rings (SSSR count). The van der Waals surface area contributed by atoms with Crippen LogP contribution in [0.3, 0.4) is 0 Å². The quantitative estimate of drug-likeness (QED) is 0.605. The maximum atomic E-state index is 8.15. The summed E-state index contributed by atoms with van der Waals surface area (Å²) in [5, 5.41) is 5.98. The molecule has 0 aliphatic carbocycles. The van der Waals surface area contributed by atoms with Crippen molar-refractivity contribution in [1.29, 1.82) is 1.43 Å². The summed E-state index contributed by atoms with van der Waals surface area (Å²) in [6.07, 6.45) is 3.24. The van der Waals surface area contributed by atoms with Crippen LogP contribution < -0.4 is 0 Å². The number of nitrogens with one attached hydrogen (secondary N) is 1. The molecule has 0 aliphatic heterocycles. The Kier molecular flexibility index (Phi) is 2.32.